The van der Waals surface area contributed by atoms with Gasteiger partial charge in [0.1, 0.15) is 5.15 Å². The van der Waals surface area contributed by atoms with Gasteiger partial charge in [0.25, 0.3) is 0 Å². The Labute approximate surface area is 78.2 Å². The molecule has 0 spiro atoms. The van der Waals surface area contributed by atoms with E-state index in [1.807, 2.05) is 0 Å². The van der Waals surface area contributed by atoms with E-state index in [4.69, 9.17) is 16.7 Å². The quantitative estimate of drug-likeness (QED) is 0.685. The van der Waals surface area contributed by atoms with E-state index in [-0.39, 0.29) is 10.7 Å². The summed E-state index contributed by atoms with van der Waals surface area (Å²) in [4.78, 5) is 17.4. The van der Waals surface area contributed by atoms with Crippen molar-refractivity contribution in [3.05, 3.63) is 29.0 Å². The molecule has 0 saturated carbocycles. The lowest BCUT2D eigenvalue weighted by Crippen LogP contribution is -1.98. The molecule has 13 heavy (non-hydrogen) atoms. The molecule has 2 N–H and O–H groups in total. The van der Waals surface area contributed by atoms with Crippen molar-refractivity contribution in [1.29, 1.82) is 0 Å². The summed E-state index contributed by atoms with van der Waals surface area (Å²) in [6.45, 7) is 0. The van der Waals surface area contributed by atoms with Crippen molar-refractivity contribution < 1.29 is 9.90 Å². The van der Waals surface area contributed by atoms with Crippen LogP contribution in [0.2, 0.25) is 5.15 Å². The second kappa shape index (κ2) is 2.74. The molecule has 0 radical (unpaired) electrons. The first kappa shape index (κ1) is 8.07. The standard InChI is InChI=1S/C8H5ClN2O2/c9-7-4(8(12)13)3-6-5(11-7)1-2-10-6/h1-3,10H,(H,12,13). The van der Waals surface area contributed by atoms with Gasteiger partial charge >= 0.3 is 5.97 Å². The molecule has 0 aliphatic heterocycles. The molecule has 2 heterocycles. The van der Waals surface area contributed by atoms with E-state index in [2.05, 4.69) is 9.97 Å². The molecule has 0 saturated heterocycles. The van der Waals surface area contributed by atoms with Gasteiger partial charge in [-0.05, 0) is 12.1 Å². The normalized spacial score (nSPS) is 10.5. The number of hydrogen-bond acceptors (Lipinski definition) is 2. The van der Waals surface area contributed by atoms with E-state index >= 15 is 0 Å². The number of halogens is 1. The second-order valence-corrected chi connectivity index (χ2v) is 2.90. The number of aromatic nitrogens is 2. The molecule has 0 unspecified atom stereocenters. The fourth-order valence-corrected chi connectivity index (χ4v) is 1.33. The third kappa shape index (κ3) is 1.25. The number of carbonyl (C=O) groups is 1. The number of rotatable bonds is 1. The predicted molar refractivity (Wildman–Crippen MR) is 48.1 cm³/mol. The lowest BCUT2D eigenvalue weighted by atomic mass is 10.2. The van der Waals surface area contributed by atoms with Crippen LogP contribution in [-0.2, 0) is 0 Å². The van der Waals surface area contributed by atoms with Crippen molar-refractivity contribution in [2.75, 3.05) is 0 Å². The smallest absolute Gasteiger partial charge is 0.338 e. The van der Waals surface area contributed by atoms with Gasteiger partial charge in [-0.2, -0.15) is 0 Å². The summed E-state index contributed by atoms with van der Waals surface area (Å²) < 4.78 is 0. The number of nitrogens with zero attached hydrogens (tertiary/aromatic N) is 1. The molecule has 0 fully saturated rings. The molecular formula is C8H5ClN2O2. The highest BCUT2D eigenvalue weighted by atomic mass is 35.5. The van der Waals surface area contributed by atoms with Crippen LogP contribution in [-0.4, -0.2) is 21.0 Å². The first-order chi connectivity index (χ1) is 6.18. The monoisotopic (exact) mass is 196 g/mol. The zero-order valence-electron chi connectivity index (χ0n) is 6.41. The average molecular weight is 197 g/mol. The van der Waals surface area contributed by atoms with Crippen LogP contribution in [0.1, 0.15) is 10.4 Å². The summed E-state index contributed by atoms with van der Waals surface area (Å²) in [5.41, 5.74) is 1.34. The minimum atomic E-state index is -1.07. The van der Waals surface area contributed by atoms with Crippen LogP contribution in [0.5, 0.6) is 0 Å². The first-order valence-corrected chi connectivity index (χ1v) is 3.93. The highest BCUT2D eigenvalue weighted by Crippen LogP contribution is 2.19. The third-order valence-electron chi connectivity index (χ3n) is 1.72. The van der Waals surface area contributed by atoms with Crippen molar-refractivity contribution in [1.82, 2.24) is 9.97 Å². The average Bonchev–Trinajstić information content (AvgIpc) is 2.48. The van der Waals surface area contributed by atoms with Crippen LogP contribution in [0.4, 0.5) is 0 Å². The van der Waals surface area contributed by atoms with Gasteiger partial charge in [0, 0.05) is 6.20 Å². The van der Waals surface area contributed by atoms with Crippen LogP contribution in [0, 0.1) is 0 Å². The molecule has 0 bridgehead atoms. The van der Waals surface area contributed by atoms with Crippen LogP contribution < -0.4 is 0 Å². The van der Waals surface area contributed by atoms with Gasteiger partial charge in [-0.25, -0.2) is 9.78 Å². The maximum atomic E-state index is 10.6. The van der Waals surface area contributed by atoms with E-state index in [9.17, 15) is 4.79 Å². The molecule has 0 aliphatic carbocycles. The SMILES string of the molecule is O=C(O)c1cc2[nH]ccc2nc1Cl. The Morgan fingerprint density at radius 3 is 3.08 bits per heavy atom. The van der Waals surface area contributed by atoms with Crippen molar-refractivity contribution in [3.63, 3.8) is 0 Å². The first-order valence-electron chi connectivity index (χ1n) is 3.55. The molecule has 4 nitrogen and oxygen atoms in total. The van der Waals surface area contributed by atoms with Crippen LogP contribution in [0.25, 0.3) is 11.0 Å². The lowest BCUT2D eigenvalue weighted by Gasteiger charge is -1.97. The fourth-order valence-electron chi connectivity index (χ4n) is 1.11. The van der Waals surface area contributed by atoms with Crippen LogP contribution in [0.15, 0.2) is 18.3 Å². The van der Waals surface area contributed by atoms with Crippen LogP contribution in [0.3, 0.4) is 0 Å². The van der Waals surface area contributed by atoms with Crippen molar-refractivity contribution >= 4 is 28.6 Å². The Hall–Kier alpha value is -1.55. The van der Waals surface area contributed by atoms with Crippen molar-refractivity contribution in [3.8, 4) is 0 Å². The maximum Gasteiger partial charge on any atom is 0.338 e. The Kier molecular flexibility index (Phi) is 1.70. The van der Waals surface area contributed by atoms with E-state index < -0.39 is 5.97 Å². The number of aromatic carboxylic acids is 1. The van der Waals surface area contributed by atoms with Gasteiger partial charge in [-0.3, -0.25) is 0 Å². The highest BCUT2D eigenvalue weighted by molar-refractivity contribution is 6.32. The summed E-state index contributed by atoms with van der Waals surface area (Å²) in [5.74, 6) is -1.07. The summed E-state index contributed by atoms with van der Waals surface area (Å²) in [6.07, 6.45) is 1.68. The van der Waals surface area contributed by atoms with Crippen LogP contribution >= 0.6 is 11.6 Å². The van der Waals surface area contributed by atoms with E-state index in [0.29, 0.717) is 11.0 Å². The van der Waals surface area contributed by atoms with E-state index in [0.717, 1.165) is 0 Å². The number of H-pyrrole nitrogens is 1. The van der Waals surface area contributed by atoms with Gasteiger partial charge in [0.2, 0.25) is 0 Å². The number of aromatic amines is 1. The molecule has 5 heteroatoms. The molecule has 2 aromatic rings. The fraction of sp³-hybridized carbons (Fsp3) is 0. The number of nitrogens with one attached hydrogen (secondary N) is 1. The Morgan fingerprint density at radius 2 is 2.38 bits per heavy atom. The zero-order chi connectivity index (χ0) is 9.42. The summed E-state index contributed by atoms with van der Waals surface area (Å²) in [7, 11) is 0. The molecule has 2 rings (SSSR count). The van der Waals surface area contributed by atoms with Gasteiger partial charge < -0.3 is 10.1 Å². The highest BCUT2D eigenvalue weighted by Gasteiger charge is 2.11. The topological polar surface area (TPSA) is 66.0 Å². The molecule has 0 aliphatic rings. The Morgan fingerprint density at radius 1 is 1.62 bits per heavy atom. The number of carboxylic acid groups (broad SMARTS) is 1. The largest absolute Gasteiger partial charge is 0.478 e. The van der Waals surface area contributed by atoms with Gasteiger partial charge in [0.05, 0.1) is 16.6 Å². The molecule has 2 aromatic heterocycles. The number of pyridine rings is 1. The third-order valence-corrected chi connectivity index (χ3v) is 2.00. The zero-order valence-corrected chi connectivity index (χ0v) is 7.17. The van der Waals surface area contributed by atoms with Gasteiger partial charge in [-0.15, -0.1) is 0 Å². The Balaban J connectivity index is 2.76. The molecule has 0 aromatic carbocycles. The second-order valence-electron chi connectivity index (χ2n) is 2.54. The molecular weight excluding hydrogens is 192 g/mol. The Bertz CT molecular complexity index is 478. The number of carboxylic acids is 1. The number of fused-ring (bicyclic) bond motifs is 1. The summed E-state index contributed by atoms with van der Waals surface area (Å²) in [5, 5.41) is 8.74. The van der Waals surface area contributed by atoms with Gasteiger partial charge in [0.15, 0.2) is 0 Å². The number of hydrogen-bond donors (Lipinski definition) is 2. The maximum absolute atomic E-state index is 10.6. The minimum absolute atomic E-state index is 0.0108. The summed E-state index contributed by atoms with van der Waals surface area (Å²) in [6, 6.07) is 3.19. The van der Waals surface area contributed by atoms with E-state index in [1.54, 1.807) is 12.3 Å². The molecule has 66 valence electrons. The van der Waals surface area contributed by atoms with Gasteiger partial charge in [-0.1, -0.05) is 11.6 Å². The summed E-state index contributed by atoms with van der Waals surface area (Å²) >= 11 is 5.65. The van der Waals surface area contributed by atoms with Crippen molar-refractivity contribution in [2.45, 2.75) is 0 Å². The lowest BCUT2D eigenvalue weighted by molar-refractivity contribution is 0.0697. The van der Waals surface area contributed by atoms with Crippen molar-refractivity contribution in [2.24, 2.45) is 0 Å². The molecule has 0 amide bonds. The van der Waals surface area contributed by atoms with E-state index in [1.165, 1.54) is 6.07 Å². The predicted octanol–water partition coefficient (Wildman–Crippen LogP) is 1.91. The molecule has 0 atom stereocenters. The minimum Gasteiger partial charge on any atom is -0.478 e.